The van der Waals surface area contributed by atoms with Gasteiger partial charge in [-0.15, -0.1) is 0 Å². The number of rotatable bonds is 6. The lowest BCUT2D eigenvalue weighted by atomic mass is 9.86. The zero-order chi connectivity index (χ0) is 20.1. The summed E-state index contributed by atoms with van der Waals surface area (Å²) < 4.78 is 0. The third-order valence-electron chi connectivity index (χ3n) is 5.98. The van der Waals surface area contributed by atoms with Crippen molar-refractivity contribution in [3.8, 4) is 0 Å². The second kappa shape index (κ2) is 8.94. The minimum atomic E-state index is 0.114. The van der Waals surface area contributed by atoms with Crippen LogP contribution in [0.4, 0.5) is 0 Å². The summed E-state index contributed by atoms with van der Waals surface area (Å²) in [6, 6.07) is 15.6. The fraction of sp³-hybridized carbons (Fsp3) is 0.500. The van der Waals surface area contributed by atoms with Crippen LogP contribution in [0, 0.1) is 0 Å². The zero-order valence-electron chi connectivity index (χ0n) is 18.0. The third-order valence-corrected chi connectivity index (χ3v) is 5.98. The summed E-state index contributed by atoms with van der Waals surface area (Å²) in [7, 11) is 0. The van der Waals surface area contributed by atoms with E-state index in [-0.39, 0.29) is 17.4 Å². The molecule has 0 bridgehead atoms. The molecule has 1 aliphatic carbocycles. The highest BCUT2D eigenvalue weighted by Crippen LogP contribution is 2.26. The molecular formula is C26H35NO. The monoisotopic (exact) mass is 377 g/mol. The quantitative estimate of drug-likeness (QED) is 0.651. The predicted molar refractivity (Wildman–Crippen MR) is 118 cm³/mol. The second-order valence-electron chi connectivity index (χ2n) is 9.21. The minimum absolute atomic E-state index is 0.114. The molecule has 0 saturated carbocycles. The molecule has 2 aromatic carbocycles. The lowest BCUT2D eigenvalue weighted by molar-refractivity contribution is -0.121. The number of amides is 1. The minimum Gasteiger partial charge on any atom is -0.349 e. The maximum Gasteiger partial charge on any atom is 0.220 e. The number of carbonyl (C=O) groups excluding carboxylic acids is 1. The van der Waals surface area contributed by atoms with Gasteiger partial charge in [0.2, 0.25) is 5.91 Å². The summed E-state index contributed by atoms with van der Waals surface area (Å²) >= 11 is 0. The van der Waals surface area contributed by atoms with Crippen molar-refractivity contribution in [3.05, 3.63) is 70.3 Å². The van der Waals surface area contributed by atoms with E-state index in [1.54, 1.807) is 0 Å². The number of hydrogen-bond acceptors (Lipinski definition) is 1. The van der Waals surface area contributed by atoms with Gasteiger partial charge in [0, 0.05) is 6.42 Å². The Morgan fingerprint density at radius 2 is 1.68 bits per heavy atom. The molecule has 150 valence electrons. The Bertz CT molecular complexity index is 798. The molecule has 0 spiro atoms. The molecule has 1 N–H and O–H groups in total. The summed E-state index contributed by atoms with van der Waals surface area (Å²) in [4.78, 5) is 12.6. The first-order valence-corrected chi connectivity index (χ1v) is 10.9. The summed E-state index contributed by atoms with van der Waals surface area (Å²) in [5.41, 5.74) is 6.96. The van der Waals surface area contributed by atoms with Gasteiger partial charge in [-0.2, -0.15) is 0 Å². The molecule has 2 aromatic rings. The van der Waals surface area contributed by atoms with Crippen LogP contribution in [0.15, 0.2) is 42.5 Å². The molecular weight excluding hydrogens is 342 g/mol. The molecule has 2 heteroatoms. The largest absolute Gasteiger partial charge is 0.349 e. The van der Waals surface area contributed by atoms with Crippen molar-refractivity contribution in [2.45, 2.75) is 84.1 Å². The van der Waals surface area contributed by atoms with Gasteiger partial charge in [-0.05, 0) is 71.8 Å². The summed E-state index contributed by atoms with van der Waals surface area (Å²) in [6.07, 6.45) is 7.22. The Kier molecular flexibility index (Phi) is 6.59. The van der Waals surface area contributed by atoms with Gasteiger partial charge in [-0.25, -0.2) is 0 Å². The van der Waals surface area contributed by atoms with Crippen molar-refractivity contribution in [3.63, 3.8) is 0 Å². The van der Waals surface area contributed by atoms with Crippen LogP contribution in [0.3, 0.4) is 0 Å². The van der Waals surface area contributed by atoms with Gasteiger partial charge in [-0.1, -0.05) is 70.2 Å². The predicted octanol–water partition coefficient (Wildman–Crippen LogP) is 6.06. The van der Waals surface area contributed by atoms with E-state index in [1.807, 2.05) is 0 Å². The van der Waals surface area contributed by atoms with Crippen molar-refractivity contribution in [2.24, 2.45) is 0 Å². The van der Waals surface area contributed by atoms with Crippen molar-refractivity contribution in [1.82, 2.24) is 5.32 Å². The van der Waals surface area contributed by atoms with Crippen molar-refractivity contribution in [2.75, 3.05) is 0 Å². The first-order chi connectivity index (χ1) is 13.4. The SMILES string of the molecule is CCC(NC(=O)CCc1ccc(C(C)(C)C)cc1)c1ccc2c(c1)CCCC2. The number of benzene rings is 2. The molecule has 1 aliphatic rings. The molecule has 0 aliphatic heterocycles. The van der Waals surface area contributed by atoms with Crippen LogP contribution >= 0.6 is 0 Å². The Morgan fingerprint density at radius 3 is 2.32 bits per heavy atom. The normalized spacial score (nSPS) is 15.0. The van der Waals surface area contributed by atoms with E-state index in [2.05, 4.69) is 75.5 Å². The van der Waals surface area contributed by atoms with Crippen molar-refractivity contribution >= 4 is 5.91 Å². The first kappa shape index (κ1) is 20.6. The van der Waals surface area contributed by atoms with E-state index in [1.165, 1.54) is 53.5 Å². The standard InChI is InChI=1S/C26H35NO/c1-5-24(22-14-13-20-8-6-7-9-21(20)18-22)27-25(28)17-12-19-10-15-23(16-11-19)26(2,3)4/h10-11,13-16,18,24H,5-9,12,17H2,1-4H3,(H,27,28). The highest BCUT2D eigenvalue weighted by atomic mass is 16.1. The van der Waals surface area contributed by atoms with Gasteiger partial charge in [0.15, 0.2) is 0 Å². The molecule has 2 nitrogen and oxygen atoms in total. The van der Waals surface area contributed by atoms with E-state index < -0.39 is 0 Å². The van der Waals surface area contributed by atoms with Gasteiger partial charge in [-0.3, -0.25) is 4.79 Å². The van der Waals surface area contributed by atoms with Crippen molar-refractivity contribution in [1.29, 1.82) is 0 Å². The molecule has 1 amide bonds. The molecule has 0 fully saturated rings. The topological polar surface area (TPSA) is 29.1 Å². The highest BCUT2D eigenvalue weighted by Gasteiger charge is 2.17. The second-order valence-corrected chi connectivity index (χ2v) is 9.21. The van der Waals surface area contributed by atoms with Crippen LogP contribution in [-0.2, 0) is 29.5 Å². The van der Waals surface area contributed by atoms with Gasteiger partial charge < -0.3 is 5.32 Å². The average molecular weight is 378 g/mol. The zero-order valence-corrected chi connectivity index (χ0v) is 18.0. The number of nitrogens with one attached hydrogen (secondary N) is 1. The van der Waals surface area contributed by atoms with E-state index in [0.717, 1.165) is 12.8 Å². The number of carbonyl (C=O) groups is 1. The maximum absolute atomic E-state index is 12.6. The average Bonchev–Trinajstić information content (AvgIpc) is 2.69. The number of hydrogen-bond donors (Lipinski definition) is 1. The smallest absolute Gasteiger partial charge is 0.220 e. The van der Waals surface area contributed by atoms with Crippen LogP contribution in [0.25, 0.3) is 0 Å². The molecule has 3 rings (SSSR count). The Labute approximate surface area is 170 Å². The number of aryl methyl sites for hydroxylation is 3. The van der Waals surface area contributed by atoms with E-state index in [9.17, 15) is 4.79 Å². The molecule has 0 heterocycles. The fourth-order valence-electron chi connectivity index (χ4n) is 4.09. The maximum atomic E-state index is 12.6. The van der Waals surface area contributed by atoms with E-state index >= 15 is 0 Å². The van der Waals surface area contributed by atoms with Crippen LogP contribution in [0.2, 0.25) is 0 Å². The summed E-state index contributed by atoms with van der Waals surface area (Å²) in [5.74, 6) is 0.143. The molecule has 0 saturated heterocycles. The molecule has 1 atom stereocenters. The van der Waals surface area contributed by atoms with Crippen molar-refractivity contribution < 1.29 is 4.79 Å². The van der Waals surface area contributed by atoms with E-state index in [0.29, 0.717) is 6.42 Å². The Hall–Kier alpha value is -2.09. The summed E-state index contributed by atoms with van der Waals surface area (Å²) in [6.45, 7) is 8.82. The summed E-state index contributed by atoms with van der Waals surface area (Å²) in [5, 5.41) is 3.26. The molecule has 0 radical (unpaired) electrons. The fourth-order valence-corrected chi connectivity index (χ4v) is 4.09. The lowest BCUT2D eigenvalue weighted by Gasteiger charge is -2.22. The highest BCUT2D eigenvalue weighted by molar-refractivity contribution is 5.76. The van der Waals surface area contributed by atoms with Gasteiger partial charge in [0.1, 0.15) is 0 Å². The Balaban J connectivity index is 1.57. The lowest BCUT2D eigenvalue weighted by Crippen LogP contribution is -2.28. The van der Waals surface area contributed by atoms with Crippen LogP contribution in [0.1, 0.15) is 87.2 Å². The third kappa shape index (κ3) is 5.25. The van der Waals surface area contributed by atoms with Gasteiger partial charge in [0.25, 0.3) is 0 Å². The first-order valence-electron chi connectivity index (χ1n) is 10.9. The molecule has 0 aromatic heterocycles. The molecule has 1 unspecified atom stereocenters. The number of fused-ring (bicyclic) bond motifs is 1. The van der Waals surface area contributed by atoms with E-state index in [4.69, 9.17) is 0 Å². The van der Waals surface area contributed by atoms with Gasteiger partial charge >= 0.3 is 0 Å². The van der Waals surface area contributed by atoms with Gasteiger partial charge in [0.05, 0.1) is 6.04 Å². The van der Waals surface area contributed by atoms with Crippen LogP contribution in [-0.4, -0.2) is 5.91 Å². The van der Waals surface area contributed by atoms with Crippen LogP contribution in [0.5, 0.6) is 0 Å². The van der Waals surface area contributed by atoms with Crippen LogP contribution < -0.4 is 5.32 Å². The Morgan fingerprint density at radius 1 is 1.00 bits per heavy atom. The molecule has 28 heavy (non-hydrogen) atoms.